The van der Waals surface area contributed by atoms with Crippen LogP contribution in [0.1, 0.15) is 11.7 Å². The van der Waals surface area contributed by atoms with E-state index in [1.165, 1.54) is 0 Å². The quantitative estimate of drug-likeness (QED) is 0.779. The van der Waals surface area contributed by atoms with Crippen LogP contribution in [0, 0.1) is 0 Å². The third kappa shape index (κ3) is 2.13. The van der Waals surface area contributed by atoms with Crippen molar-refractivity contribution in [2.45, 2.75) is 6.17 Å². The Hall–Kier alpha value is -3.08. The van der Waals surface area contributed by atoms with Crippen molar-refractivity contribution in [3.05, 3.63) is 77.1 Å². The molecule has 0 fully saturated rings. The van der Waals surface area contributed by atoms with Gasteiger partial charge in [-0.3, -0.25) is 0 Å². The highest BCUT2D eigenvalue weighted by Crippen LogP contribution is 2.19. The summed E-state index contributed by atoms with van der Waals surface area (Å²) in [6, 6.07) is 19.6. The number of nitrogen functional groups attached to an aromatic ring is 1. The van der Waals surface area contributed by atoms with Crippen molar-refractivity contribution in [1.29, 1.82) is 0 Å². The average Bonchev–Trinajstić information content (AvgIpc) is 3.01. The zero-order valence-electron chi connectivity index (χ0n) is 11.7. The van der Waals surface area contributed by atoms with E-state index in [0.717, 1.165) is 11.1 Å². The molecule has 0 bridgehead atoms. The fraction of sp³-hybridized carbons (Fsp3) is 0.0588. The monoisotopic (exact) mass is 287 g/mol. The van der Waals surface area contributed by atoms with Crippen LogP contribution in [0.2, 0.25) is 0 Å². The Morgan fingerprint density at radius 1 is 0.773 bits per heavy atom. The molecule has 0 saturated carbocycles. The van der Waals surface area contributed by atoms with E-state index in [-0.39, 0.29) is 6.17 Å². The molecule has 22 heavy (non-hydrogen) atoms. The van der Waals surface area contributed by atoms with Crippen molar-refractivity contribution in [3.63, 3.8) is 0 Å². The molecular weight excluding hydrogens is 274 g/mol. The first-order valence-corrected chi connectivity index (χ1v) is 7.01. The molecule has 0 saturated heterocycles. The third-order valence-electron chi connectivity index (χ3n) is 3.52. The number of benzene rings is 2. The van der Waals surface area contributed by atoms with Gasteiger partial charge in [-0.15, -0.1) is 0 Å². The molecular formula is C17H13N5. The molecule has 0 radical (unpaired) electrons. The van der Waals surface area contributed by atoms with Crippen LogP contribution in [0.4, 0.5) is 5.82 Å². The molecule has 0 aliphatic carbocycles. The van der Waals surface area contributed by atoms with Crippen LogP contribution in [-0.2, 0) is 0 Å². The maximum atomic E-state index is 6.05. The zero-order valence-corrected chi connectivity index (χ0v) is 11.7. The minimum atomic E-state index is -0.293. The molecule has 2 heterocycles. The molecule has 0 amide bonds. The summed E-state index contributed by atoms with van der Waals surface area (Å²) in [6.07, 6.45) is -0.293. The van der Waals surface area contributed by atoms with Gasteiger partial charge in [0.05, 0.1) is 0 Å². The number of rotatable bonds is 2. The first kappa shape index (κ1) is 12.6. The number of hydrogen-bond donors (Lipinski definition) is 1. The SMILES string of the molecule is Nc1nc(-c2ccccc2)nc2c1=NC(c1ccccc1)N=2. The standard InChI is InChI=1S/C17H13N5/c18-14-13-17(21-15(19-13)11-7-3-1-4-8-11)22-16(20-14)12-9-5-2-6-10-12/h1-10,15H,(H2,18,20,21,22). The van der Waals surface area contributed by atoms with E-state index in [4.69, 9.17) is 5.73 Å². The lowest BCUT2D eigenvalue weighted by Gasteiger charge is -2.02. The van der Waals surface area contributed by atoms with Crippen molar-refractivity contribution >= 4 is 5.82 Å². The molecule has 1 atom stereocenters. The highest BCUT2D eigenvalue weighted by atomic mass is 15.1. The smallest absolute Gasteiger partial charge is 0.181 e. The minimum Gasteiger partial charge on any atom is -0.382 e. The summed E-state index contributed by atoms with van der Waals surface area (Å²) in [5.41, 5.74) is 8.53. The van der Waals surface area contributed by atoms with Crippen molar-refractivity contribution in [1.82, 2.24) is 9.97 Å². The summed E-state index contributed by atoms with van der Waals surface area (Å²) in [6.45, 7) is 0. The number of aromatic nitrogens is 2. The lowest BCUT2D eigenvalue weighted by molar-refractivity contribution is 0.767. The Morgan fingerprint density at radius 3 is 2.18 bits per heavy atom. The van der Waals surface area contributed by atoms with Crippen molar-refractivity contribution in [2.24, 2.45) is 9.98 Å². The number of hydrogen-bond acceptors (Lipinski definition) is 5. The van der Waals surface area contributed by atoms with E-state index >= 15 is 0 Å². The normalized spacial score (nSPS) is 15.7. The largest absolute Gasteiger partial charge is 0.382 e. The van der Waals surface area contributed by atoms with Crippen molar-refractivity contribution in [2.75, 3.05) is 5.73 Å². The molecule has 1 aromatic heterocycles. The summed E-state index contributed by atoms with van der Waals surface area (Å²) in [4.78, 5) is 18.0. The predicted molar refractivity (Wildman–Crippen MR) is 83.4 cm³/mol. The topological polar surface area (TPSA) is 76.5 Å². The van der Waals surface area contributed by atoms with Gasteiger partial charge in [0.2, 0.25) is 0 Å². The molecule has 2 N–H and O–H groups in total. The van der Waals surface area contributed by atoms with Crippen LogP contribution < -0.4 is 16.6 Å². The first-order valence-electron chi connectivity index (χ1n) is 7.01. The summed E-state index contributed by atoms with van der Waals surface area (Å²) in [5.74, 6) is 0.940. The van der Waals surface area contributed by atoms with Gasteiger partial charge in [0.25, 0.3) is 0 Å². The van der Waals surface area contributed by atoms with E-state index in [9.17, 15) is 0 Å². The average molecular weight is 287 g/mol. The summed E-state index contributed by atoms with van der Waals surface area (Å²) in [7, 11) is 0. The molecule has 5 nitrogen and oxygen atoms in total. The first-order chi connectivity index (χ1) is 10.8. The van der Waals surface area contributed by atoms with Crippen molar-refractivity contribution in [3.8, 4) is 11.4 Å². The maximum absolute atomic E-state index is 6.05. The molecule has 2 aromatic carbocycles. The highest BCUT2D eigenvalue weighted by molar-refractivity contribution is 5.55. The van der Waals surface area contributed by atoms with Gasteiger partial charge in [0, 0.05) is 5.56 Å². The van der Waals surface area contributed by atoms with Gasteiger partial charge < -0.3 is 5.73 Å². The van der Waals surface area contributed by atoms with Gasteiger partial charge >= 0.3 is 0 Å². The lowest BCUT2D eigenvalue weighted by Crippen LogP contribution is -2.30. The molecule has 4 rings (SSSR count). The Labute approximate surface area is 126 Å². The molecule has 1 unspecified atom stereocenters. The van der Waals surface area contributed by atoms with Crippen LogP contribution in [0.5, 0.6) is 0 Å². The van der Waals surface area contributed by atoms with E-state index < -0.39 is 0 Å². The van der Waals surface area contributed by atoms with E-state index in [2.05, 4.69) is 20.0 Å². The van der Waals surface area contributed by atoms with Gasteiger partial charge in [-0.05, 0) is 5.56 Å². The molecule has 1 aliphatic rings. The Balaban J connectivity index is 1.85. The highest BCUT2D eigenvalue weighted by Gasteiger charge is 2.16. The number of nitrogens with zero attached hydrogens (tertiary/aromatic N) is 4. The van der Waals surface area contributed by atoms with Crippen molar-refractivity contribution < 1.29 is 0 Å². The van der Waals surface area contributed by atoms with E-state index in [1.807, 2.05) is 60.7 Å². The summed E-state index contributed by atoms with van der Waals surface area (Å²) >= 11 is 0. The van der Waals surface area contributed by atoms with E-state index in [0.29, 0.717) is 22.5 Å². The van der Waals surface area contributed by atoms with E-state index in [1.54, 1.807) is 0 Å². The predicted octanol–water partition coefficient (Wildman–Crippen LogP) is 1.68. The molecule has 106 valence electrons. The second-order valence-corrected chi connectivity index (χ2v) is 5.01. The molecule has 3 aromatic rings. The fourth-order valence-electron chi connectivity index (χ4n) is 2.43. The summed E-state index contributed by atoms with van der Waals surface area (Å²) < 4.78 is 0. The van der Waals surface area contributed by atoms with Gasteiger partial charge in [-0.25, -0.2) is 20.0 Å². The van der Waals surface area contributed by atoms with Crippen LogP contribution >= 0.6 is 0 Å². The Bertz CT molecular complexity index is 936. The number of anilines is 1. The Kier molecular flexibility index (Phi) is 2.89. The lowest BCUT2D eigenvalue weighted by atomic mass is 10.2. The van der Waals surface area contributed by atoms with Crippen LogP contribution in [0.15, 0.2) is 70.6 Å². The summed E-state index contributed by atoms with van der Waals surface area (Å²) in [5, 5.41) is 0.577. The second kappa shape index (κ2) is 5.04. The fourth-order valence-corrected chi connectivity index (χ4v) is 2.43. The molecule has 1 aliphatic heterocycles. The Morgan fingerprint density at radius 2 is 1.45 bits per heavy atom. The van der Waals surface area contributed by atoms with Gasteiger partial charge in [-0.2, -0.15) is 0 Å². The molecule has 5 heteroatoms. The van der Waals surface area contributed by atoms with Crippen LogP contribution in [0.3, 0.4) is 0 Å². The van der Waals surface area contributed by atoms with Gasteiger partial charge in [0.15, 0.2) is 23.3 Å². The molecule has 0 spiro atoms. The minimum absolute atomic E-state index is 0.293. The van der Waals surface area contributed by atoms with Gasteiger partial charge in [0.1, 0.15) is 5.36 Å². The van der Waals surface area contributed by atoms with Gasteiger partial charge in [-0.1, -0.05) is 60.7 Å². The maximum Gasteiger partial charge on any atom is 0.181 e. The number of fused-ring (bicyclic) bond motifs is 1. The zero-order chi connectivity index (χ0) is 14.9. The van der Waals surface area contributed by atoms with Crippen LogP contribution in [0.25, 0.3) is 11.4 Å². The van der Waals surface area contributed by atoms with Crippen LogP contribution in [-0.4, -0.2) is 9.97 Å². The number of nitrogens with two attached hydrogens (primary N) is 1. The second-order valence-electron chi connectivity index (χ2n) is 5.01. The third-order valence-corrected chi connectivity index (χ3v) is 3.52.